The molecule has 2 N–H and O–H groups in total. The number of rotatable bonds is 4. The number of carbonyl (C=O) groups is 1. The summed E-state index contributed by atoms with van der Waals surface area (Å²) in [4.78, 5) is 14.3. The second-order valence-electron chi connectivity index (χ2n) is 5.74. The van der Waals surface area contributed by atoms with Crippen LogP contribution in [-0.4, -0.2) is 43.5 Å². The summed E-state index contributed by atoms with van der Waals surface area (Å²) in [6, 6.07) is 6.55. The fourth-order valence-electron chi connectivity index (χ4n) is 2.62. The highest BCUT2D eigenvalue weighted by Gasteiger charge is 2.19. The summed E-state index contributed by atoms with van der Waals surface area (Å²) in [6.07, 6.45) is 2.24. The van der Waals surface area contributed by atoms with Gasteiger partial charge in [-0.1, -0.05) is 6.07 Å². The van der Waals surface area contributed by atoms with Crippen molar-refractivity contribution >= 4 is 24.0 Å². The number of likely N-dealkylation sites (N-methyl/N-ethyl adjacent to an activating group) is 1. The van der Waals surface area contributed by atoms with Crippen molar-refractivity contribution in [2.45, 2.75) is 32.7 Å². The van der Waals surface area contributed by atoms with Gasteiger partial charge in [-0.2, -0.15) is 0 Å². The summed E-state index contributed by atoms with van der Waals surface area (Å²) in [5.74, 6) is 0.0642. The van der Waals surface area contributed by atoms with Gasteiger partial charge in [0.2, 0.25) is 5.91 Å². The van der Waals surface area contributed by atoms with E-state index in [1.165, 1.54) is 11.1 Å². The highest BCUT2D eigenvalue weighted by molar-refractivity contribution is 5.92. The highest BCUT2D eigenvalue weighted by atomic mass is 35.5. The van der Waals surface area contributed by atoms with Crippen molar-refractivity contribution < 1.29 is 4.79 Å². The Balaban J connectivity index is 0.00000220. The number of anilines is 1. The molecule has 0 aliphatic carbocycles. The third-order valence-electron chi connectivity index (χ3n) is 4.12. The van der Waals surface area contributed by atoms with Crippen molar-refractivity contribution in [2.75, 3.05) is 32.0 Å². The Morgan fingerprint density at radius 1 is 1.29 bits per heavy atom. The second kappa shape index (κ2) is 8.37. The van der Waals surface area contributed by atoms with E-state index in [1.807, 2.05) is 25.2 Å². The van der Waals surface area contributed by atoms with Crippen LogP contribution >= 0.6 is 12.4 Å². The number of hydrogen-bond donors (Lipinski definition) is 2. The summed E-state index contributed by atoms with van der Waals surface area (Å²) >= 11 is 0. The molecule has 118 valence electrons. The van der Waals surface area contributed by atoms with Crippen LogP contribution in [0.1, 0.15) is 24.0 Å². The van der Waals surface area contributed by atoms with Crippen LogP contribution in [-0.2, 0) is 4.79 Å². The summed E-state index contributed by atoms with van der Waals surface area (Å²) in [5, 5.41) is 6.33. The van der Waals surface area contributed by atoms with Crippen LogP contribution in [0.15, 0.2) is 18.2 Å². The predicted molar refractivity (Wildman–Crippen MR) is 90.3 cm³/mol. The maximum Gasteiger partial charge on any atom is 0.238 e. The lowest BCUT2D eigenvalue weighted by Crippen LogP contribution is -2.44. The lowest BCUT2D eigenvalue weighted by Gasteiger charge is -2.31. The van der Waals surface area contributed by atoms with Crippen molar-refractivity contribution in [3.63, 3.8) is 0 Å². The van der Waals surface area contributed by atoms with Crippen LogP contribution in [0.5, 0.6) is 0 Å². The number of carbonyl (C=O) groups excluding carboxylic acids is 1. The monoisotopic (exact) mass is 311 g/mol. The number of halogens is 1. The number of benzene rings is 1. The Kier molecular flexibility index (Phi) is 7.15. The van der Waals surface area contributed by atoms with Crippen LogP contribution in [0, 0.1) is 13.8 Å². The van der Waals surface area contributed by atoms with E-state index in [0.717, 1.165) is 31.6 Å². The Bertz CT molecular complexity index is 473. The summed E-state index contributed by atoms with van der Waals surface area (Å²) in [5.41, 5.74) is 3.33. The zero-order valence-corrected chi connectivity index (χ0v) is 13.9. The van der Waals surface area contributed by atoms with E-state index in [1.54, 1.807) is 0 Å². The molecule has 0 bridgehead atoms. The van der Waals surface area contributed by atoms with Crippen LogP contribution in [0.4, 0.5) is 5.69 Å². The van der Waals surface area contributed by atoms with Gasteiger partial charge in [0, 0.05) is 11.7 Å². The van der Waals surface area contributed by atoms with Gasteiger partial charge in [-0.15, -0.1) is 12.4 Å². The molecule has 0 saturated carbocycles. The number of nitrogens with zero attached hydrogens (tertiary/aromatic N) is 1. The van der Waals surface area contributed by atoms with Crippen molar-refractivity contribution in [1.29, 1.82) is 0 Å². The van der Waals surface area contributed by atoms with Crippen LogP contribution < -0.4 is 10.6 Å². The highest BCUT2D eigenvalue weighted by Crippen LogP contribution is 2.14. The fraction of sp³-hybridized carbons (Fsp3) is 0.562. The molecule has 2 rings (SSSR count). The third-order valence-corrected chi connectivity index (χ3v) is 4.12. The summed E-state index contributed by atoms with van der Waals surface area (Å²) < 4.78 is 0. The van der Waals surface area contributed by atoms with E-state index < -0.39 is 0 Å². The molecule has 1 aromatic rings. The second-order valence-corrected chi connectivity index (χ2v) is 5.74. The van der Waals surface area contributed by atoms with Gasteiger partial charge in [0.25, 0.3) is 0 Å². The molecule has 0 unspecified atom stereocenters. The molecule has 4 nitrogen and oxygen atoms in total. The fourth-order valence-corrected chi connectivity index (χ4v) is 2.62. The normalized spacial score (nSPS) is 15.6. The molecular weight excluding hydrogens is 286 g/mol. The Labute approximate surface area is 133 Å². The molecule has 0 spiro atoms. The molecule has 1 fully saturated rings. The summed E-state index contributed by atoms with van der Waals surface area (Å²) in [7, 11) is 2.04. The average molecular weight is 312 g/mol. The molecule has 1 aromatic carbocycles. The van der Waals surface area contributed by atoms with Crippen molar-refractivity contribution in [1.82, 2.24) is 10.2 Å². The Morgan fingerprint density at radius 3 is 2.57 bits per heavy atom. The first kappa shape index (κ1) is 18.0. The molecule has 1 aliphatic heterocycles. The quantitative estimate of drug-likeness (QED) is 0.897. The molecule has 0 radical (unpaired) electrons. The molecule has 5 heteroatoms. The first-order valence-corrected chi connectivity index (χ1v) is 7.34. The van der Waals surface area contributed by atoms with Gasteiger partial charge >= 0.3 is 0 Å². The molecule has 21 heavy (non-hydrogen) atoms. The molecule has 1 amide bonds. The van der Waals surface area contributed by atoms with Gasteiger partial charge in [-0.05, 0) is 70.1 Å². The minimum atomic E-state index is 0. The minimum Gasteiger partial charge on any atom is -0.325 e. The van der Waals surface area contributed by atoms with E-state index in [2.05, 4.69) is 29.4 Å². The van der Waals surface area contributed by atoms with Gasteiger partial charge in [-0.3, -0.25) is 9.69 Å². The van der Waals surface area contributed by atoms with Gasteiger partial charge < -0.3 is 10.6 Å². The number of nitrogens with one attached hydrogen (secondary N) is 2. The summed E-state index contributed by atoms with van der Waals surface area (Å²) in [6.45, 7) is 6.69. The molecule has 1 saturated heterocycles. The SMILES string of the molecule is Cc1ccc(NC(=O)CN(C)C2CCNCC2)cc1C.Cl. The molecule has 1 aliphatic rings. The van der Waals surface area contributed by atoms with Crippen LogP contribution in [0.25, 0.3) is 0 Å². The van der Waals surface area contributed by atoms with Crippen molar-refractivity contribution in [2.24, 2.45) is 0 Å². The maximum absolute atomic E-state index is 12.1. The number of amides is 1. The largest absolute Gasteiger partial charge is 0.325 e. The van der Waals surface area contributed by atoms with Gasteiger partial charge in [0.05, 0.1) is 6.54 Å². The van der Waals surface area contributed by atoms with E-state index in [4.69, 9.17) is 0 Å². The van der Waals surface area contributed by atoms with E-state index >= 15 is 0 Å². The van der Waals surface area contributed by atoms with E-state index in [9.17, 15) is 4.79 Å². The molecular formula is C16H26ClN3O. The smallest absolute Gasteiger partial charge is 0.238 e. The van der Waals surface area contributed by atoms with Crippen LogP contribution in [0.2, 0.25) is 0 Å². The first-order valence-electron chi connectivity index (χ1n) is 7.34. The lowest BCUT2D eigenvalue weighted by atomic mass is 10.1. The first-order chi connectivity index (χ1) is 9.56. The molecule has 0 atom stereocenters. The number of hydrogen-bond acceptors (Lipinski definition) is 3. The van der Waals surface area contributed by atoms with Crippen molar-refractivity contribution in [3.05, 3.63) is 29.3 Å². The van der Waals surface area contributed by atoms with E-state index in [0.29, 0.717) is 12.6 Å². The third kappa shape index (κ3) is 5.30. The zero-order valence-electron chi connectivity index (χ0n) is 13.1. The van der Waals surface area contributed by atoms with Crippen LogP contribution in [0.3, 0.4) is 0 Å². The average Bonchev–Trinajstić information content (AvgIpc) is 2.44. The molecule has 1 heterocycles. The topological polar surface area (TPSA) is 44.4 Å². The maximum atomic E-state index is 12.1. The number of piperidine rings is 1. The lowest BCUT2D eigenvalue weighted by molar-refractivity contribution is -0.117. The van der Waals surface area contributed by atoms with Gasteiger partial charge in [-0.25, -0.2) is 0 Å². The number of aryl methyl sites for hydroxylation is 2. The Hall–Kier alpha value is -1.10. The predicted octanol–water partition coefficient (Wildman–Crippen LogP) is 2.35. The van der Waals surface area contributed by atoms with Gasteiger partial charge in [0.1, 0.15) is 0 Å². The van der Waals surface area contributed by atoms with E-state index in [-0.39, 0.29) is 18.3 Å². The molecule has 0 aromatic heterocycles. The van der Waals surface area contributed by atoms with Crippen molar-refractivity contribution in [3.8, 4) is 0 Å². The zero-order chi connectivity index (χ0) is 14.5. The minimum absolute atomic E-state index is 0. The standard InChI is InChI=1S/C16H25N3O.ClH/c1-12-4-5-14(10-13(12)2)18-16(20)11-19(3)15-6-8-17-9-7-15;/h4-5,10,15,17H,6-9,11H2,1-3H3,(H,18,20);1H. The van der Waals surface area contributed by atoms with Gasteiger partial charge in [0.15, 0.2) is 0 Å². The Morgan fingerprint density at radius 2 is 1.95 bits per heavy atom.